The summed E-state index contributed by atoms with van der Waals surface area (Å²) in [5.41, 5.74) is 5.73. The summed E-state index contributed by atoms with van der Waals surface area (Å²) in [5, 5.41) is 0.474. The van der Waals surface area contributed by atoms with Gasteiger partial charge in [-0.05, 0) is 24.1 Å². The Bertz CT molecular complexity index is 325. The van der Waals surface area contributed by atoms with Crippen molar-refractivity contribution in [1.29, 1.82) is 0 Å². The summed E-state index contributed by atoms with van der Waals surface area (Å²) in [5.74, 6) is -0.177. The Morgan fingerprint density at radius 2 is 2.25 bits per heavy atom. The van der Waals surface area contributed by atoms with Crippen LogP contribution in [0.3, 0.4) is 0 Å². The summed E-state index contributed by atoms with van der Waals surface area (Å²) in [6.45, 7) is 0. The lowest BCUT2D eigenvalue weighted by Crippen LogP contribution is -2.52. The topological polar surface area (TPSA) is 27.6 Å². The third-order valence-corrected chi connectivity index (χ3v) is 2.60. The first kappa shape index (κ1) is 8.02. The van der Waals surface area contributed by atoms with Crippen LogP contribution in [-0.4, -0.2) is 0 Å². The molecule has 0 fully saturated rings. The van der Waals surface area contributed by atoms with E-state index in [0.717, 1.165) is 24.0 Å². The van der Waals surface area contributed by atoms with E-state index in [1.165, 1.54) is 6.07 Å². The van der Waals surface area contributed by atoms with E-state index in [-0.39, 0.29) is 11.9 Å². The lowest BCUT2D eigenvalue weighted by Gasteiger charge is -2.02. The van der Waals surface area contributed by atoms with Crippen LogP contribution in [-0.2, 0) is 6.42 Å². The van der Waals surface area contributed by atoms with Crippen molar-refractivity contribution in [2.45, 2.75) is 18.9 Å². The molecule has 0 aromatic heterocycles. The zero-order chi connectivity index (χ0) is 8.72. The number of halogens is 2. The van der Waals surface area contributed by atoms with Crippen molar-refractivity contribution < 1.29 is 10.1 Å². The average Bonchev–Trinajstić information content (AvgIpc) is 2.33. The molecule has 0 aliphatic heterocycles. The molecular weight excluding hydrogens is 177 g/mol. The first-order valence-electron chi connectivity index (χ1n) is 3.99. The number of hydrogen-bond donors (Lipinski definition) is 1. The summed E-state index contributed by atoms with van der Waals surface area (Å²) >= 11 is 5.73. The van der Waals surface area contributed by atoms with Gasteiger partial charge < -0.3 is 5.73 Å². The van der Waals surface area contributed by atoms with Gasteiger partial charge in [-0.1, -0.05) is 11.6 Å². The molecule has 0 heterocycles. The fraction of sp³-hybridized carbons (Fsp3) is 0.333. The van der Waals surface area contributed by atoms with Gasteiger partial charge >= 0.3 is 0 Å². The highest BCUT2D eigenvalue weighted by molar-refractivity contribution is 6.30. The van der Waals surface area contributed by atoms with Gasteiger partial charge in [-0.3, -0.25) is 0 Å². The molecule has 3 heteroatoms. The van der Waals surface area contributed by atoms with E-state index in [1.807, 2.05) is 6.07 Å². The molecule has 64 valence electrons. The van der Waals surface area contributed by atoms with Crippen molar-refractivity contribution in [2.24, 2.45) is 0 Å². The van der Waals surface area contributed by atoms with Gasteiger partial charge in [-0.25, -0.2) is 4.39 Å². The predicted molar refractivity (Wildman–Crippen MR) is 45.4 cm³/mol. The highest BCUT2D eigenvalue weighted by Crippen LogP contribution is 2.32. The van der Waals surface area contributed by atoms with Gasteiger partial charge in [0.2, 0.25) is 0 Å². The van der Waals surface area contributed by atoms with E-state index < -0.39 is 0 Å². The van der Waals surface area contributed by atoms with E-state index in [0.29, 0.717) is 5.02 Å². The van der Waals surface area contributed by atoms with E-state index in [1.54, 1.807) is 0 Å². The lowest BCUT2D eigenvalue weighted by molar-refractivity contribution is -0.425. The minimum absolute atomic E-state index is 0.177. The Balaban J connectivity index is 2.60. The lowest BCUT2D eigenvalue weighted by atomic mass is 10.1. The third-order valence-electron chi connectivity index (χ3n) is 2.38. The second-order valence-electron chi connectivity index (χ2n) is 3.19. The molecule has 1 aromatic rings. The number of rotatable bonds is 0. The van der Waals surface area contributed by atoms with Crippen LogP contribution in [0.4, 0.5) is 4.39 Å². The zero-order valence-electron chi connectivity index (χ0n) is 6.61. The Kier molecular flexibility index (Phi) is 1.81. The standard InChI is InChI=1S/C9H9ClFN/c10-5-3-7-6(8(11)4-5)1-2-9(7)12/h3-4,9H,1-2,12H2/p+1/t9-/m1/s1. The molecule has 0 unspecified atom stereocenters. The molecule has 1 aliphatic carbocycles. The van der Waals surface area contributed by atoms with Crippen molar-refractivity contribution in [3.05, 3.63) is 34.1 Å². The maximum absolute atomic E-state index is 13.2. The van der Waals surface area contributed by atoms with Gasteiger partial charge in [0.1, 0.15) is 11.9 Å². The van der Waals surface area contributed by atoms with Crippen molar-refractivity contribution in [3.8, 4) is 0 Å². The molecular formula is C9H10ClFN+. The van der Waals surface area contributed by atoms with Crippen LogP contribution < -0.4 is 5.73 Å². The zero-order valence-corrected chi connectivity index (χ0v) is 7.37. The quantitative estimate of drug-likeness (QED) is 0.639. The second kappa shape index (κ2) is 2.71. The van der Waals surface area contributed by atoms with E-state index in [9.17, 15) is 4.39 Å². The number of fused-ring (bicyclic) bond motifs is 1. The van der Waals surface area contributed by atoms with Gasteiger partial charge in [0.05, 0.1) is 0 Å². The van der Waals surface area contributed by atoms with Gasteiger partial charge in [0.25, 0.3) is 0 Å². The van der Waals surface area contributed by atoms with Crippen molar-refractivity contribution in [1.82, 2.24) is 0 Å². The van der Waals surface area contributed by atoms with E-state index in [4.69, 9.17) is 11.6 Å². The predicted octanol–water partition coefficient (Wildman–Crippen LogP) is 1.71. The van der Waals surface area contributed by atoms with Crippen molar-refractivity contribution >= 4 is 11.6 Å². The van der Waals surface area contributed by atoms with Crippen molar-refractivity contribution in [3.63, 3.8) is 0 Å². The summed E-state index contributed by atoms with van der Waals surface area (Å²) < 4.78 is 13.2. The molecule has 1 aliphatic rings. The highest BCUT2D eigenvalue weighted by atomic mass is 35.5. The molecule has 3 N–H and O–H groups in total. The molecule has 0 radical (unpaired) electrons. The molecule has 0 amide bonds. The third kappa shape index (κ3) is 1.11. The first-order chi connectivity index (χ1) is 5.68. The van der Waals surface area contributed by atoms with E-state index >= 15 is 0 Å². The van der Waals surface area contributed by atoms with Crippen LogP contribution >= 0.6 is 11.6 Å². The van der Waals surface area contributed by atoms with Crippen LogP contribution in [0.2, 0.25) is 5.02 Å². The highest BCUT2D eigenvalue weighted by Gasteiger charge is 2.25. The Morgan fingerprint density at radius 1 is 1.50 bits per heavy atom. The summed E-state index contributed by atoms with van der Waals surface area (Å²) in [6.07, 6.45) is 1.74. The fourth-order valence-electron chi connectivity index (χ4n) is 1.73. The normalized spacial score (nSPS) is 21.1. The van der Waals surface area contributed by atoms with Gasteiger partial charge in [-0.2, -0.15) is 0 Å². The SMILES string of the molecule is [NH3+][C@@H]1CCc2c(F)cc(Cl)cc21. The van der Waals surface area contributed by atoms with Gasteiger partial charge in [0.15, 0.2) is 0 Å². The van der Waals surface area contributed by atoms with Gasteiger partial charge in [0, 0.05) is 17.0 Å². The van der Waals surface area contributed by atoms with E-state index in [2.05, 4.69) is 5.73 Å². The molecule has 2 rings (SSSR count). The van der Waals surface area contributed by atoms with Crippen LogP contribution in [0.1, 0.15) is 23.6 Å². The molecule has 12 heavy (non-hydrogen) atoms. The Morgan fingerprint density at radius 3 is 3.00 bits per heavy atom. The number of hydrogen-bond acceptors (Lipinski definition) is 0. The largest absolute Gasteiger partial charge is 0.351 e. The summed E-state index contributed by atoms with van der Waals surface area (Å²) in [6, 6.07) is 3.41. The molecule has 1 aromatic carbocycles. The smallest absolute Gasteiger partial charge is 0.128 e. The molecule has 0 bridgehead atoms. The Labute approximate surface area is 75.3 Å². The summed E-state index contributed by atoms with van der Waals surface area (Å²) in [7, 11) is 0. The number of quaternary nitrogens is 1. The molecule has 0 saturated heterocycles. The van der Waals surface area contributed by atoms with Crippen molar-refractivity contribution in [2.75, 3.05) is 0 Å². The molecule has 0 saturated carbocycles. The monoisotopic (exact) mass is 186 g/mol. The summed E-state index contributed by atoms with van der Waals surface area (Å²) in [4.78, 5) is 0. The minimum atomic E-state index is -0.177. The average molecular weight is 187 g/mol. The minimum Gasteiger partial charge on any atom is -0.351 e. The van der Waals surface area contributed by atoms with Crippen LogP contribution in [0.25, 0.3) is 0 Å². The van der Waals surface area contributed by atoms with Crippen LogP contribution in [0.5, 0.6) is 0 Å². The molecule has 1 nitrogen and oxygen atoms in total. The molecule has 0 spiro atoms. The molecule has 1 atom stereocenters. The second-order valence-corrected chi connectivity index (χ2v) is 3.63. The van der Waals surface area contributed by atoms with Crippen LogP contribution in [0, 0.1) is 5.82 Å². The van der Waals surface area contributed by atoms with Gasteiger partial charge in [-0.15, -0.1) is 0 Å². The first-order valence-corrected chi connectivity index (χ1v) is 4.37. The Hall–Kier alpha value is -0.600. The fourth-order valence-corrected chi connectivity index (χ4v) is 1.94. The van der Waals surface area contributed by atoms with Crippen LogP contribution in [0.15, 0.2) is 12.1 Å². The maximum Gasteiger partial charge on any atom is 0.128 e. The maximum atomic E-state index is 13.2. The number of benzene rings is 1.